The molecule has 1 N–H and O–H groups in total. The molecule has 0 saturated carbocycles. The van der Waals surface area contributed by atoms with E-state index in [9.17, 15) is 5.11 Å². The summed E-state index contributed by atoms with van der Waals surface area (Å²) in [7, 11) is 1.65. The summed E-state index contributed by atoms with van der Waals surface area (Å²) in [5, 5.41) is 14.2. The van der Waals surface area contributed by atoms with E-state index in [1.807, 2.05) is 49.9 Å². The topological polar surface area (TPSA) is 71.6 Å². The second-order valence-corrected chi connectivity index (χ2v) is 6.98. The Balaban J connectivity index is 1.92. The summed E-state index contributed by atoms with van der Waals surface area (Å²) < 4.78 is 10.7. The molecule has 1 aromatic carbocycles. The molecule has 1 aliphatic rings. The van der Waals surface area contributed by atoms with Crippen LogP contribution in [0, 0.1) is 0 Å². The number of benzene rings is 1. The van der Waals surface area contributed by atoms with Crippen molar-refractivity contribution in [2.75, 3.05) is 18.6 Å². The molecule has 23 heavy (non-hydrogen) atoms. The molecular weight excluding hydrogens is 294 g/mol. The van der Waals surface area contributed by atoms with Gasteiger partial charge in [0.15, 0.2) is 0 Å². The fourth-order valence-electron chi connectivity index (χ4n) is 2.84. The van der Waals surface area contributed by atoms with Crippen LogP contribution in [0.2, 0.25) is 0 Å². The Morgan fingerprint density at radius 2 is 2.13 bits per heavy atom. The number of methoxy groups -OCH3 is 1. The third-order valence-electron chi connectivity index (χ3n) is 4.07. The van der Waals surface area contributed by atoms with Crippen LogP contribution in [0.4, 0.5) is 5.95 Å². The molecule has 0 unspecified atom stereocenters. The van der Waals surface area contributed by atoms with Gasteiger partial charge in [-0.2, -0.15) is 4.98 Å². The van der Waals surface area contributed by atoms with Crippen LogP contribution < -0.4 is 9.64 Å². The van der Waals surface area contributed by atoms with Crippen LogP contribution in [-0.4, -0.2) is 35.0 Å². The number of β-amino-alcohol motifs (C(OH)–C–C–N with tert-alkyl or cyclic N) is 1. The van der Waals surface area contributed by atoms with Gasteiger partial charge in [-0.25, -0.2) is 0 Å². The molecule has 6 nitrogen and oxygen atoms in total. The van der Waals surface area contributed by atoms with E-state index in [4.69, 9.17) is 9.26 Å². The Hall–Kier alpha value is -2.08. The van der Waals surface area contributed by atoms with Crippen LogP contribution in [0.5, 0.6) is 5.75 Å². The first kappa shape index (κ1) is 15.8. The molecule has 3 rings (SSSR count). The third-order valence-corrected chi connectivity index (χ3v) is 4.07. The van der Waals surface area contributed by atoms with Crippen molar-refractivity contribution in [2.24, 2.45) is 0 Å². The van der Waals surface area contributed by atoms with Gasteiger partial charge in [0, 0.05) is 12.0 Å². The summed E-state index contributed by atoms with van der Waals surface area (Å²) in [5.74, 6) is 1.92. The molecule has 0 aliphatic carbocycles. The van der Waals surface area contributed by atoms with Crippen molar-refractivity contribution in [1.82, 2.24) is 10.1 Å². The Bertz CT molecular complexity index is 678. The minimum Gasteiger partial charge on any atom is -0.497 e. The van der Waals surface area contributed by atoms with E-state index in [0.29, 0.717) is 24.8 Å². The van der Waals surface area contributed by atoms with E-state index in [2.05, 4.69) is 10.1 Å². The molecule has 1 aliphatic heterocycles. The molecule has 124 valence electrons. The van der Waals surface area contributed by atoms with Crippen molar-refractivity contribution in [1.29, 1.82) is 0 Å². The Labute approximate surface area is 136 Å². The largest absolute Gasteiger partial charge is 0.497 e. The lowest BCUT2D eigenvalue weighted by molar-refractivity contribution is 0.194. The van der Waals surface area contributed by atoms with Crippen molar-refractivity contribution in [3.05, 3.63) is 35.7 Å². The minimum atomic E-state index is -0.414. The molecular formula is C17H23N3O3. The summed E-state index contributed by atoms with van der Waals surface area (Å²) in [6.07, 6.45) is 0.217. The summed E-state index contributed by atoms with van der Waals surface area (Å²) in [6, 6.07) is 7.88. The Morgan fingerprint density at radius 1 is 1.35 bits per heavy atom. The molecule has 2 atom stereocenters. The van der Waals surface area contributed by atoms with Gasteiger partial charge in [0.1, 0.15) is 5.75 Å². The highest BCUT2D eigenvalue weighted by Gasteiger charge is 2.36. The van der Waals surface area contributed by atoms with Gasteiger partial charge in [-0.15, -0.1) is 0 Å². The number of hydrogen-bond donors (Lipinski definition) is 1. The zero-order chi connectivity index (χ0) is 16.6. The Morgan fingerprint density at radius 3 is 2.78 bits per heavy atom. The fourth-order valence-corrected chi connectivity index (χ4v) is 2.84. The number of anilines is 1. The van der Waals surface area contributed by atoms with Crippen LogP contribution in [-0.2, 0) is 5.41 Å². The van der Waals surface area contributed by atoms with E-state index < -0.39 is 6.10 Å². The molecule has 6 heteroatoms. The highest BCUT2D eigenvalue weighted by atomic mass is 16.5. The molecule has 2 heterocycles. The first-order valence-corrected chi connectivity index (χ1v) is 7.81. The number of aliphatic hydroxyl groups excluding tert-OH is 1. The number of hydrogen-bond acceptors (Lipinski definition) is 6. The zero-order valence-corrected chi connectivity index (χ0v) is 14.0. The number of ether oxygens (including phenoxy) is 1. The van der Waals surface area contributed by atoms with E-state index in [-0.39, 0.29) is 11.5 Å². The summed E-state index contributed by atoms with van der Waals surface area (Å²) in [6.45, 7) is 6.58. The van der Waals surface area contributed by atoms with Crippen molar-refractivity contribution < 1.29 is 14.4 Å². The second kappa shape index (κ2) is 5.85. The predicted molar refractivity (Wildman–Crippen MR) is 86.7 cm³/mol. The SMILES string of the molecule is COc1cccc([C@@H]2C[C@@H](O)CN2c2noc(C(C)(C)C)n2)c1. The van der Waals surface area contributed by atoms with Gasteiger partial charge >= 0.3 is 0 Å². The van der Waals surface area contributed by atoms with Gasteiger partial charge in [0.05, 0.1) is 19.3 Å². The van der Waals surface area contributed by atoms with E-state index in [1.54, 1.807) is 7.11 Å². The monoisotopic (exact) mass is 317 g/mol. The average Bonchev–Trinajstić information content (AvgIpc) is 3.13. The number of nitrogens with zero attached hydrogens (tertiary/aromatic N) is 3. The smallest absolute Gasteiger partial charge is 0.266 e. The van der Waals surface area contributed by atoms with Gasteiger partial charge in [-0.05, 0) is 29.3 Å². The van der Waals surface area contributed by atoms with Crippen molar-refractivity contribution in [2.45, 2.75) is 44.8 Å². The van der Waals surface area contributed by atoms with Crippen LogP contribution in [0.1, 0.15) is 44.7 Å². The van der Waals surface area contributed by atoms with Gasteiger partial charge < -0.3 is 19.3 Å². The summed E-state index contributed by atoms with van der Waals surface area (Å²) >= 11 is 0. The van der Waals surface area contributed by atoms with Crippen LogP contribution in [0.25, 0.3) is 0 Å². The third kappa shape index (κ3) is 3.17. The molecule has 0 amide bonds. The first-order valence-electron chi connectivity index (χ1n) is 7.81. The lowest BCUT2D eigenvalue weighted by Crippen LogP contribution is -2.25. The van der Waals surface area contributed by atoms with Gasteiger partial charge in [0.2, 0.25) is 5.89 Å². The predicted octanol–water partition coefficient (Wildman–Crippen LogP) is 2.69. The highest BCUT2D eigenvalue weighted by molar-refractivity contribution is 5.41. The lowest BCUT2D eigenvalue weighted by Gasteiger charge is -2.23. The minimum absolute atomic E-state index is 0.00511. The van der Waals surface area contributed by atoms with Crippen LogP contribution in [0.15, 0.2) is 28.8 Å². The zero-order valence-electron chi connectivity index (χ0n) is 14.0. The lowest BCUT2D eigenvalue weighted by atomic mass is 9.97. The quantitative estimate of drug-likeness (QED) is 0.938. The van der Waals surface area contributed by atoms with Gasteiger partial charge in [0.25, 0.3) is 5.95 Å². The molecule has 1 fully saturated rings. The highest BCUT2D eigenvalue weighted by Crippen LogP contribution is 2.36. The van der Waals surface area contributed by atoms with Crippen molar-refractivity contribution in [3.8, 4) is 5.75 Å². The molecule has 0 spiro atoms. The van der Waals surface area contributed by atoms with Crippen molar-refractivity contribution >= 4 is 5.95 Å². The van der Waals surface area contributed by atoms with Gasteiger partial charge in [-0.1, -0.05) is 32.9 Å². The fraction of sp³-hybridized carbons (Fsp3) is 0.529. The first-order chi connectivity index (χ1) is 10.9. The molecule has 2 aromatic rings. The van der Waals surface area contributed by atoms with E-state index >= 15 is 0 Å². The van der Waals surface area contributed by atoms with Crippen LogP contribution in [0.3, 0.4) is 0 Å². The van der Waals surface area contributed by atoms with E-state index in [1.165, 1.54) is 0 Å². The maximum atomic E-state index is 10.1. The average molecular weight is 317 g/mol. The molecule has 1 aromatic heterocycles. The number of rotatable bonds is 3. The van der Waals surface area contributed by atoms with Crippen LogP contribution >= 0.6 is 0 Å². The van der Waals surface area contributed by atoms with Gasteiger partial charge in [-0.3, -0.25) is 0 Å². The second-order valence-electron chi connectivity index (χ2n) is 6.98. The molecule has 1 saturated heterocycles. The maximum absolute atomic E-state index is 10.1. The maximum Gasteiger partial charge on any atom is 0.266 e. The summed E-state index contributed by atoms with van der Waals surface area (Å²) in [5.41, 5.74) is 0.873. The number of aliphatic hydroxyl groups is 1. The molecule has 0 radical (unpaired) electrons. The normalized spacial score (nSPS) is 21.7. The van der Waals surface area contributed by atoms with E-state index in [0.717, 1.165) is 11.3 Å². The Kier molecular flexibility index (Phi) is 4.02. The van der Waals surface area contributed by atoms with Crippen molar-refractivity contribution in [3.63, 3.8) is 0 Å². The summed E-state index contributed by atoms with van der Waals surface area (Å²) in [4.78, 5) is 6.52. The standard InChI is InChI=1S/C17H23N3O3/c1-17(2,3)15-18-16(19-23-15)20-10-12(21)9-14(20)11-6-5-7-13(8-11)22-4/h5-8,12,14,21H,9-10H2,1-4H3/t12-,14+/m1/s1. The number of aromatic nitrogens is 2. The molecule has 0 bridgehead atoms.